The van der Waals surface area contributed by atoms with Gasteiger partial charge in [0.05, 0.1) is 18.8 Å². The first-order valence-electron chi connectivity index (χ1n) is 9.21. The summed E-state index contributed by atoms with van der Waals surface area (Å²) < 4.78 is 25.9. The van der Waals surface area contributed by atoms with Crippen molar-refractivity contribution < 1.29 is 18.7 Å². The van der Waals surface area contributed by atoms with Crippen molar-refractivity contribution >= 4 is 17.6 Å². The molecule has 0 saturated heterocycles. The molecule has 1 amide bonds. The summed E-state index contributed by atoms with van der Waals surface area (Å²) in [6, 6.07) is 9.05. The van der Waals surface area contributed by atoms with Gasteiger partial charge in [-0.25, -0.2) is 14.4 Å². The third-order valence-electron chi connectivity index (χ3n) is 5.08. The molecule has 0 unspecified atom stereocenters. The summed E-state index contributed by atoms with van der Waals surface area (Å²) in [5.41, 5.74) is 6.49. The Balaban J connectivity index is 1.68. The van der Waals surface area contributed by atoms with Gasteiger partial charge in [-0.2, -0.15) is 5.26 Å². The second-order valence-electron chi connectivity index (χ2n) is 7.02. The van der Waals surface area contributed by atoms with Crippen LogP contribution in [0.3, 0.4) is 0 Å². The highest BCUT2D eigenvalue weighted by molar-refractivity contribution is 6.02. The number of benzene rings is 1. The Bertz CT molecular complexity index is 1120. The van der Waals surface area contributed by atoms with Crippen LogP contribution in [-0.4, -0.2) is 30.1 Å². The van der Waals surface area contributed by atoms with Gasteiger partial charge in [-0.3, -0.25) is 4.79 Å². The van der Waals surface area contributed by atoms with Crippen LogP contribution in [0.2, 0.25) is 0 Å². The predicted molar refractivity (Wildman–Crippen MR) is 106 cm³/mol. The van der Waals surface area contributed by atoms with Crippen LogP contribution in [0.1, 0.15) is 35.0 Å². The fraction of sp³-hybridized carbons (Fsp3) is 0.238. The minimum Gasteiger partial charge on any atom is -0.431 e. The van der Waals surface area contributed by atoms with Gasteiger partial charge >= 0.3 is 0 Å². The first-order chi connectivity index (χ1) is 14.4. The van der Waals surface area contributed by atoms with Gasteiger partial charge in [0.15, 0.2) is 0 Å². The highest BCUT2D eigenvalue weighted by atomic mass is 19.1. The Labute approximate surface area is 171 Å². The van der Waals surface area contributed by atoms with E-state index >= 15 is 0 Å². The number of amides is 1. The number of rotatable bonds is 3. The summed E-state index contributed by atoms with van der Waals surface area (Å²) in [5.74, 6) is -0.354. The van der Waals surface area contributed by atoms with Gasteiger partial charge in [-0.05, 0) is 37.3 Å². The Morgan fingerprint density at radius 2 is 2.20 bits per heavy atom. The van der Waals surface area contributed by atoms with Gasteiger partial charge < -0.3 is 20.5 Å². The lowest BCUT2D eigenvalue weighted by Crippen LogP contribution is -2.38. The highest BCUT2D eigenvalue weighted by Gasteiger charge is 2.41. The molecular formula is C21H18FN5O3. The van der Waals surface area contributed by atoms with Crippen molar-refractivity contribution in [2.24, 2.45) is 10.7 Å². The number of pyridine rings is 1. The number of anilines is 1. The van der Waals surface area contributed by atoms with Crippen molar-refractivity contribution in [2.45, 2.75) is 18.9 Å². The Hall–Kier alpha value is -3.77. The largest absolute Gasteiger partial charge is 0.431 e. The van der Waals surface area contributed by atoms with Crippen LogP contribution < -0.4 is 11.1 Å². The van der Waals surface area contributed by atoms with E-state index in [4.69, 9.17) is 20.5 Å². The molecule has 4 rings (SSSR count). The monoisotopic (exact) mass is 407 g/mol. The minimum atomic E-state index is -1.13. The van der Waals surface area contributed by atoms with Gasteiger partial charge in [0, 0.05) is 29.4 Å². The van der Waals surface area contributed by atoms with E-state index in [1.807, 2.05) is 6.07 Å². The molecule has 1 atom stereocenters. The molecule has 2 aromatic rings. The highest BCUT2D eigenvalue weighted by Crippen LogP contribution is 2.42. The van der Waals surface area contributed by atoms with E-state index in [9.17, 15) is 9.18 Å². The summed E-state index contributed by atoms with van der Waals surface area (Å²) >= 11 is 0. The SMILES string of the molecule is C[C@]1(c2cc(NC(=O)c3ccc(C#N)cn3)ccc2F)N=C(N)OC2=C1COCC2. The molecule has 9 heteroatoms. The van der Waals surface area contributed by atoms with E-state index in [2.05, 4.69) is 15.3 Å². The Kier molecular flexibility index (Phi) is 4.93. The van der Waals surface area contributed by atoms with Crippen molar-refractivity contribution in [1.29, 1.82) is 5.26 Å². The molecule has 0 radical (unpaired) electrons. The summed E-state index contributed by atoms with van der Waals surface area (Å²) in [7, 11) is 0. The molecule has 0 bridgehead atoms. The number of halogens is 1. The average Bonchev–Trinajstić information content (AvgIpc) is 2.75. The molecule has 1 aromatic heterocycles. The standard InChI is InChI=1S/C21H18FN5O3/c1-21(15-11-29-7-6-18(15)30-20(24)27-21)14-8-13(3-4-16(14)22)26-19(28)17-5-2-12(9-23)10-25-17/h2-5,8,10H,6-7,11H2,1H3,(H2,24,27)(H,26,28)/t21-/m1/s1. The van der Waals surface area contributed by atoms with Crippen molar-refractivity contribution in [1.82, 2.24) is 4.98 Å². The van der Waals surface area contributed by atoms with Gasteiger partial charge in [0.1, 0.15) is 28.9 Å². The normalized spacial score (nSPS) is 20.5. The zero-order chi connectivity index (χ0) is 21.3. The summed E-state index contributed by atoms with van der Waals surface area (Å²) in [4.78, 5) is 20.8. The average molecular weight is 407 g/mol. The Morgan fingerprint density at radius 1 is 1.37 bits per heavy atom. The molecular weight excluding hydrogens is 389 g/mol. The lowest BCUT2D eigenvalue weighted by Gasteiger charge is -2.36. The number of carbonyl (C=O) groups is 1. The number of ether oxygens (including phenoxy) is 2. The molecule has 0 spiro atoms. The number of hydrogen-bond acceptors (Lipinski definition) is 7. The maximum absolute atomic E-state index is 14.9. The molecule has 0 aliphatic carbocycles. The van der Waals surface area contributed by atoms with Gasteiger partial charge in [-0.1, -0.05) is 0 Å². The number of carbonyl (C=O) groups excluding carboxylic acids is 1. The fourth-order valence-corrected chi connectivity index (χ4v) is 3.52. The van der Waals surface area contributed by atoms with Gasteiger partial charge in [-0.15, -0.1) is 0 Å². The zero-order valence-corrected chi connectivity index (χ0v) is 16.1. The molecule has 30 heavy (non-hydrogen) atoms. The number of nitrogens with one attached hydrogen (secondary N) is 1. The molecule has 2 aliphatic rings. The number of amidine groups is 1. The molecule has 3 N–H and O–H groups in total. The molecule has 3 heterocycles. The van der Waals surface area contributed by atoms with Crippen LogP contribution in [0.25, 0.3) is 0 Å². The van der Waals surface area contributed by atoms with Gasteiger partial charge in [0.25, 0.3) is 11.9 Å². The second-order valence-corrected chi connectivity index (χ2v) is 7.02. The van der Waals surface area contributed by atoms with Crippen molar-refractivity contribution in [2.75, 3.05) is 18.5 Å². The number of nitriles is 1. The fourth-order valence-electron chi connectivity index (χ4n) is 3.52. The maximum atomic E-state index is 14.9. The molecule has 152 valence electrons. The lowest BCUT2D eigenvalue weighted by atomic mass is 9.82. The number of aliphatic imine (C=N–C) groups is 1. The molecule has 8 nitrogen and oxygen atoms in total. The number of hydrogen-bond donors (Lipinski definition) is 2. The second kappa shape index (κ2) is 7.57. The van der Waals surface area contributed by atoms with E-state index < -0.39 is 17.3 Å². The maximum Gasteiger partial charge on any atom is 0.288 e. The lowest BCUT2D eigenvalue weighted by molar-refractivity contribution is 0.102. The third-order valence-corrected chi connectivity index (χ3v) is 5.08. The number of aromatic nitrogens is 1. The summed E-state index contributed by atoms with van der Waals surface area (Å²) in [5, 5.41) is 11.5. The quantitative estimate of drug-likeness (QED) is 0.806. The molecule has 1 aromatic carbocycles. The van der Waals surface area contributed by atoms with Gasteiger partial charge in [0.2, 0.25) is 0 Å². The van der Waals surface area contributed by atoms with E-state index in [0.29, 0.717) is 35.6 Å². The van der Waals surface area contributed by atoms with Crippen LogP contribution in [0.4, 0.5) is 10.1 Å². The van der Waals surface area contributed by atoms with Crippen molar-refractivity contribution in [3.63, 3.8) is 0 Å². The van der Waals surface area contributed by atoms with Crippen molar-refractivity contribution in [3.05, 3.63) is 70.5 Å². The predicted octanol–water partition coefficient (Wildman–Crippen LogP) is 2.58. The molecule has 0 saturated carbocycles. The van der Waals surface area contributed by atoms with Crippen molar-refractivity contribution in [3.8, 4) is 6.07 Å². The van der Waals surface area contributed by atoms with E-state index in [1.54, 1.807) is 6.92 Å². The van der Waals surface area contributed by atoms with Crippen LogP contribution in [0.15, 0.2) is 52.9 Å². The van der Waals surface area contributed by atoms with Crippen LogP contribution >= 0.6 is 0 Å². The summed E-state index contributed by atoms with van der Waals surface area (Å²) in [6.07, 6.45) is 1.83. The minimum absolute atomic E-state index is 0.0474. The zero-order valence-electron chi connectivity index (χ0n) is 16.1. The van der Waals surface area contributed by atoms with E-state index in [1.165, 1.54) is 36.5 Å². The summed E-state index contributed by atoms with van der Waals surface area (Å²) in [6.45, 7) is 2.46. The topological polar surface area (TPSA) is 123 Å². The Morgan fingerprint density at radius 3 is 2.93 bits per heavy atom. The first kappa shape index (κ1) is 19.5. The third kappa shape index (κ3) is 3.49. The van der Waals surface area contributed by atoms with Crippen LogP contribution in [-0.2, 0) is 15.0 Å². The molecule has 0 fully saturated rings. The van der Waals surface area contributed by atoms with E-state index in [-0.39, 0.29) is 23.9 Å². The molecule has 2 aliphatic heterocycles. The van der Waals surface area contributed by atoms with Crippen LogP contribution in [0.5, 0.6) is 0 Å². The van der Waals surface area contributed by atoms with Crippen LogP contribution in [0, 0.1) is 17.1 Å². The smallest absolute Gasteiger partial charge is 0.288 e. The number of nitrogens with two attached hydrogens (primary N) is 1. The van der Waals surface area contributed by atoms with E-state index in [0.717, 1.165) is 0 Å². The number of nitrogens with zero attached hydrogens (tertiary/aromatic N) is 3. The first-order valence-corrected chi connectivity index (χ1v) is 9.21.